The summed E-state index contributed by atoms with van der Waals surface area (Å²) in [6, 6.07) is 10.4. The Bertz CT molecular complexity index is 405. The zero-order valence-electron chi connectivity index (χ0n) is 12.8. The summed E-state index contributed by atoms with van der Waals surface area (Å²) in [4.78, 5) is 11.9. The Hall–Kier alpha value is -1.06. The van der Waals surface area contributed by atoms with Crippen molar-refractivity contribution in [2.24, 2.45) is 5.92 Å². The molecule has 1 saturated heterocycles. The molecule has 1 amide bonds. The Labute approximate surface area is 134 Å². The molecule has 1 aliphatic rings. The van der Waals surface area contributed by atoms with Crippen molar-refractivity contribution in [3.8, 4) is 0 Å². The predicted octanol–water partition coefficient (Wildman–Crippen LogP) is 3.11. The van der Waals surface area contributed by atoms with Crippen molar-refractivity contribution in [3.05, 3.63) is 35.9 Å². The van der Waals surface area contributed by atoms with E-state index < -0.39 is 0 Å². The standard InChI is InChI=1S/C17H26N2O.ClH/c1-2-15(16-6-4-3-5-7-16)13-19-17(20)9-8-14-10-11-18-12-14;/h3-7,14-15,18H,2,8-13H2,1H3,(H,19,20);1H. The Morgan fingerprint density at radius 1 is 1.38 bits per heavy atom. The fourth-order valence-electron chi connectivity index (χ4n) is 2.84. The van der Waals surface area contributed by atoms with Gasteiger partial charge in [0.15, 0.2) is 0 Å². The average Bonchev–Trinajstić information content (AvgIpc) is 3.00. The van der Waals surface area contributed by atoms with Gasteiger partial charge in [0.1, 0.15) is 0 Å². The van der Waals surface area contributed by atoms with Crippen LogP contribution in [0.25, 0.3) is 0 Å². The van der Waals surface area contributed by atoms with Crippen LogP contribution >= 0.6 is 12.4 Å². The van der Waals surface area contributed by atoms with E-state index in [1.807, 2.05) is 6.07 Å². The summed E-state index contributed by atoms with van der Waals surface area (Å²) in [5, 5.41) is 6.44. The van der Waals surface area contributed by atoms with Gasteiger partial charge in [-0.05, 0) is 43.8 Å². The highest BCUT2D eigenvalue weighted by molar-refractivity contribution is 5.85. The van der Waals surface area contributed by atoms with E-state index in [0.717, 1.165) is 32.5 Å². The molecular formula is C17H27ClN2O. The summed E-state index contributed by atoms with van der Waals surface area (Å²) in [5.74, 6) is 1.32. The van der Waals surface area contributed by atoms with Gasteiger partial charge < -0.3 is 10.6 Å². The Balaban J connectivity index is 0.00000220. The molecule has 1 fully saturated rings. The number of halogens is 1. The Kier molecular flexibility index (Phi) is 8.40. The Morgan fingerprint density at radius 3 is 2.76 bits per heavy atom. The average molecular weight is 311 g/mol. The van der Waals surface area contributed by atoms with Crippen LogP contribution in [0.3, 0.4) is 0 Å². The quantitative estimate of drug-likeness (QED) is 0.812. The van der Waals surface area contributed by atoms with E-state index in [-0.39, 0.29) is 18.3 Å². The summed E-state index contributed by atoms with van der Waals surface area (Å²) >= 11 is 0. The van der Waals surface area contributed by atoms with Gasteiger partial charge in [-0.2, -0.15) is 0 Å². The molecule has 0 spiro atoms. The summed E-state index contributed by atoms with van der Waals surface area (Å²) < 4.78 is 0. The number of benzene rings is 1. The molecule has 2 rings (SSSR count). The summed E-state index contributed by atoms with van der Waals surface area (Å²) in [5.41, 5.74) is 1.32. The van der Waals surface area contributed by atoms with Crippen molar-refractivity contribution in [1.29, 1.82) is 0 Å². The van der Waals surface area contributed by atoms with Crippen molar-refractivity contribution in [1.82, 2.24) is 10.6 Å². The van der Waals surface area contributed by atoms with Gasteiger partial charge in [0, 0.05) is 18.9 Å². The number of rotatable bonds is 7. The van der Waals surface area contributed by atoms with Gasteiger partial charge in [-0.3, -0.25) is 4.79 Å². The molecule has 0 radical (unpaired) electrons. The maximum atomic E-state index is 11.9. The number of amides is 1. The van der Waals surface area contributed by atoms with Gasteiger partial charge in [0.05, 0.1) is 0 Å². The first-order valence-electron chi connectivity index (χ1n) is 7.82. The highest BCUT2D eigenvalue weighted by Crippen LogP contribution is 2.18. The Morgan fingerprint density at radius 2 is 2.14 bits per heavy atom. The first kappa shape index (κ1) is 18.0. The molecule has 118 valence electrons. The van der Waals surface area contributed by atoms with Crippen LogP contribution in [0, 0.1) is 5.92 Å². The molecule has 3 nitrogen and oxygen atoms in total. The molecule has 2 atom stereocenters. The highest BCUT2D eigenvalue weighted by Gasteiger charge is 2.16. The minimum Gasteiger partial charge on any atom is -0.355 e. The fourth-order valence-corrected chi connectivity index (χ4v) is 2.84. The van der Waals surface area contributed by atoms with Crippen molar-refractivity contribution in [3.63, 3.8) is 0 Å². The minimum atomic E-state index is 0. The summed E-state index contributed by atoms with van der Waals surface area (Å²) in [7, 11) is 0. The maximum absolute atomic E-state index is 11.9. The molecule has 0 bridgehead atoms. The van der Waals surface area contributed by atoms with Crippen LogP contribution in [0.4, 0.5) is 0 Å². The van der Waals surface area contributed by atoms with Gasteiger partial charge in [0.2, 0.25) is 5.91 Å². The van der Waals surface area contributed by atoms with Crippen LogP contribution in [0.5, 0.6) is 0 Å². The largest absolute Gasteiger partial charge is 0.355 e. The van der Waals surface area contributed by atoms with Gasteiger partial charge in [0.25, 0.3) is 0 Å². The van der Waals surface area contributed by atoms with Crippen LogP contribution in [0.1, 0.15) is 44.1 Å². The lowest BCUT2D eigenvalue weighted by Crippen LogP contribution is -2.28. The molecule has 1 aromatic rings. The van der Waals surface area contributed by atoms with Gasteiger partial charge >= 0.3 is 0 Å². The zero-order valence-corrected chi connectivity index (χ0v) is 13.6. The van der Waals surface area contributed by atoms with E-state index >= 15 is 0 Å². The monoisotopic (exact) mass is 310 g/mol. The normalized spacial score (nSPS) is 18.8. The smallest absolute Gasteiger partial charge is 0.220 e. The lowest BCUT2D eigenvalue weighted by molar-refractivity contribution is -0.121. The lowest BCUT2D eigenvalue weighted by atomic mass is 9.96. The van der Waals surface area contributed by atoms with E-state index in [0.29, 0.717) is 18.3 Å². The van der Waals surface area contributed by atoms with E-state index in [1.165, 1.54) is 12.0 Å². The number of nitrogens with one attached hydrogen (secondary N) is 2. The molecular weight excluding hydrogens is 284 g/mol. The fraction of sp³-hybridized carbons (Fsp3) is 0.588. The molecule has 0 saturated carbocycles. The minimum absolute atomic E-state index is 0. The predicted molar refractivity (Wildman–Crippen MR) is 89.9 cm³/mol. The SMILES string of the molecule is CCC(CNC(=O)CCC1CCNC1)c1ccccc1.Cl. The van der Waals surface area contributed by atoms with E-state index in [2.05, 4.69) is 41.8 Å². The van der Waals surface area contributed by atoms with Gasteiger partial charge in [-0.15, -0.1) is 12.4 Å². The first-order valence-corrected chi connectivity index (χ1v) is 7.82. The van der Waals surface area contributed by atoms with Gasteiger partial charge in [-0.1, -0.05) is 37.3 Å². The molecule has 1 aromatic carbocycles. The third kappa shape index (κ3) is 6.06. The van der Waals surface area contributed by atoms with Crippen LogP contribution in [-0.2, 0) is 4.79 Å². The van der Waals surface area contributed by atoms with Crippen LogP contribution in [0.2, 0.25) is 0 Å². The first-order chi connectivity index (χ1) is 9.79. The highest BCUT2D eigenvalue weighted by atomic mass is 35.5. The van der Waals surface area contributed by atoms with Crippen LogP contribution in [-0.4, -0.2) is 25.5 Å². The molecule has 0 aliphatic carbocycles. The van der Waals surface area contributed by atoms with E-state index in [4.69, 9.17) is 0 Å². The summed E-state index contributed by atoms with van der Waals surface area (Å²) in [6.07, 6.45) is 3.95. The number of hydrogen-bond donors (Lipinski definition) is 2. The molecule has 21 heavy (non-hydrogen) atoms. The number of hydrogen-bond acceptors (Lipinski definition) is 2. The third-order valence-corrected chi connectivity index (χ3v) is 4.25. The van der Waals surface area contributed by atoms with Gasteiger partial charge in [-0.25, -0.2) is 0 Å². The topological polar surface area (TPSA) is 41.1 Å². The molecule has 1 heterocycles. The second kappa shape index (κ2) is 9.80. The van der Waals surface area contributed by atoms with Crippen molar-refractivity contribution < 1.29 is 4.79 Å². The molecule has 2 unspecified atom stereocenters. The molecule has 4 heteroatoms. The molecule has 2 N–H and O–H groups in total. The number of carbonyl (C=O) groups excluding carboxylic acids is 1. The molecule has 0 aromatic heterocycles. The summed E-state index contributed by atoms with van der Waals surface area (Å²) in [6.45, 7) is 5.11. The van der Waals surface area contributed by atoms with Crippen molar-refractivity contribution in [2.75, 3.05) is 19.6 Å². The number of carbonyl (C=O) groups is 1. The van der Waals surface area contributed by atoms with Crippen LogP contribution in [0.15, 0.2) is 30.3 Å². The molecule has 1 aliphatic heterocycles. The van der Waals surface area contributed by atoms with E-state index in [1.54, 1.807) is 0 Å². The van der Waals surface area contributed by atoms with Crippen LogP contribution < -0.4 is 10.6 Å². The van der Waals surface area contributed by atoms with E-state index in [9.17, 15) is 4.79 Å². The third-order valence-electron chi connectivity index (χ3n) is 4.25. The zero-order chi connectivity index (χ0) is 14.2. The second-order valence-electron chi connectivity index (χ2n) is 5.72. The maximum Gasteiger partial charge on any atom is 0.220 e. The van der Waals surface area contributed by atoms with Crippen molar-refractivity contribution >= 4 is 18.3 Å². The lowest BCUT2D eigenvalue weighted by Gasteiger charge is -2.16. The van der Waals surface area contributed by atoms with Crippen molar-refractivity contribution in [2.45, 2.75) is 38.5 Å². The second-order valence-corrected chi connectivity index (χ2v) is 5.72.